The Balaban J connectivity index is 2.31. The molecule has 2 rings (SSSR count). The molecule has 1 fully saturated rings. The number of likely N-dealkylation sites (tertiary alicyclic amines) is 1. The Kier molecular flexibility index (Phi) is 3.70. The highest BCUT2D eigenvalue weighted by atomic mass is 79.9. The van der Waals surface area contributed by atoms with Crippen LogP contribution in [0.15, 0.2) is 22.7 Å². The molecule has 88 valence electrons. The summed E-state index contributed by atoms with van der Waals surface area (Å²) < 4.78 is 0.704. The van der Waals surface area contributed by atoms with E-state index >= 15 is 0 Å². The highest BCUT2D eigenvalue weighted by molar-refractivity contribution is 9.10. The lowest BCUT2D eigenvalue weighted by atomic mass is 10.2. The summed E-state index contributed by atoms with van der Waals surface area (Å²) in [6.07, 6.45) is 1.63. The van der Waals surface area contributed by atoms with Gasteiger partial charge in [-0.05, 0) is 47.0 Å². The minimum absolute atomic E-state index is 0.136. The van der Waals surface area contributed by atoms with Crippen molar-refractivity contribution < 1.29 is 4.79 Å². The summed E-state index contributed by atoms with van der Waals surface area (Å²) in [4.78, 5) is 13.9. The molecule has 1 unspecified atom stereocenters. The second-order valence-electron chi connectivity index (χ2n) is 3.91. The van der Waals surface area contributed by atoms with Crippen LogP contribution in [0.25, 0.3) is 0 Å². The van der Waals surface area contributed by atoms with Crippen molar-refractivity contribution in [3.63, 3.8) is 0 Å². The summed E-state index contributed by atoms with van der Waals surface area (Å²) in [6.45, 7) is 0.635. The highest BCUT2D eigenvalue weighted by Gasteiger charge is 2.30. The van der Waals surface area contributed by atoms with E-state index in [-0.39, 0.29) is 11.9 Å². The number of benzene rings is 1. The van der Waals surface area contributed by atoms with Crippen molar-refractivity contribution >= 4 is 33.4 Å². The number of hydrogen-bond donors (Lipinski definition) is 0. The van der Waals surface area contributed by atoms with Crippen molar-refractivity contribution in [2.75, 3.05) is 6.54 Å². The van der Waals surface area contributed by atoms with Crippen LogP contribution in [0.5, 0.6) is 0 Å². The number of rotatable bonds is 1. The van der Waals surface area contributed by atoms with Crippen molar-refractivity contribution in [3.8, 4) is 6.07 Å². The van der Waals surface area contributed by atoms with Gasteiger partial charge in [0.1, 0.15) is 6.04 Å². The summed E-state index contributed by atoms with van der Waals surface area (Å²) in [7, 11) is 0. The van der Waals surface area contributed by atoms with E-state index in [0.717, 1.165) is 12.8 Å². The molecule has 1 heterocycles. The van der Waals surface area contributed by atoms with Gasteiger partial charge < -0.3 is 4.90 Å². The monoisotopic (exact) mass is 312 g/mol. The van der Waals surface area contributed by atoms with Gasteiger partial charge in [-0.1, -0.05) is 11.6 Å². The molecule has 1 amide bonds. The quantitative estimate of drug-likeness (QED) is 0.799. The topological polar surface area (TPSA) is 44.1 Å². The molecule has 0 spiro atoms. The molecule has 0 N–H and O–H groups in total. The fraction of sp³-hybridized carbons (Fsp3) is 0.333. The zero-order valence-electron chi connectivity index (χ0n) is 8.99. The van der Waals surface area contributed by atoms with Gasteiger partial charge in [-0.3, -0.25) is 4.79 Å². The SMILES string of the molecule is N#CC1CCCN1C(=O)c1cc(Cl)ccc1Br. The predicted octanol–water partition coefficient (Wildman–Crippen LogP) is 3.23. The molecule has 1 aromatic rings. The number of carbonyl (C=O) groups is 1. The number of nitriles is 1. The minimum Gasteiger partial charge on any atom is -0.323 e. The summed E-state index contributed by atoms with van der Waals surface area (Å²) in [6, 6.07) is 6.93. The first kappa shape index (κ1) is 12.4. The van der Waals surface area contributed by atoms with Crippen molar-refractivity contribution in [2.24, 2.45) is 0 Å². The van der Waals surface area contributed by atoms with Crippen LogP contribution in [0.3, 0.4) is 0 Å². The second-order valence-corrected chi connectivity index (χ2v) is 5.20. The van der Waals surface area contributed by atoms with E-state index < -0.39 is 0 Å². The molecule has 17 heavy (non-hydrogen) atoms. The normalized spacial score (nSPS) is 19.1. The van der Waals surface area contributed by atoms with Gasteiger partial charge in [0.2, 0.25) is 0 Å². The predicted molar refractivity (Wildman–Crippen MR) is 68.8 cm³/mol. The molecule has 0 aliphatic carbocycles. The van der Waals surface area contributed by atoms with Crippen LogP contribution in [0.4, 0.5) is 0 Å². The first-order chi connectivity index (χ1) is 8.13. The van der Waals surface area contributed by atoms with Gasteiger partial charge in [0, 0.05) is 16.0 Å². The molecule has 1 aromatic carbocycles. The summed E-state index contributed by atoms with van der Waals surface area (Å²) in [5, 5.41) is 9.49. The Morgan fingerprint density at radius 1 is 1.59 bits per heavy atom. The van der Waals surface area contributed by atoms with E-state index in [0.29, 0.717) is 21.6 Å². The third-order valence-electron chi connectivity index (χ3n) is 2.82. The molecule has 5 heteroatoms. The van der Waals surface area contributed by atoms with E-state index in [1.165, 1.54) is 0 Å². The fourth-order valence-corrected chi connectivity index (χ4v) is 2.55. The Morgan fingerprint density at radius 2 is 2.35 bits per heavy atom. The number of hydrogen-bond acceptors (Lipinski definition) is 2. The van der Waals surface area contributed by atoms with Crippen molar-refractivity contribution in [3.05, 3.63) is 33.3 Å². The van der Waals surface area contributed by atoms with Crippen LogP contribution in [0.1, 0.15) is 23.2 Å². The summed E-state index contributed by atoms with van der Waals surface area (Å²) >= 11 is 9.21. The first-order valence-electron chi connectivity index (χ1n) is 5.29. The van der Waals surface area contributed by atoms with E-state index in [1.807, 2.05) is 0 Å². The van der Waals surface area contributed by atoms with Gasteiger partial charge in [0.15, 0.2) is 0 Å². The zero-order valence-corrected chi connectivity index (χ0v) is 11.3. The number of carbonyl (C=O) groups excluding carboxylic acids is 1. The van der Waals surface area contributed by atoms with Crippen LogP contribution < -0.4 is 0 Å². The maximum atomic E-state index is 12.3. The minimum atomic E-state index is -0.312. The molecule has 1 atom stereocenters. The Labute approximate surface area is 113 Å². The Hall–Kier alpha value is -1.05. The molecule has 1 saturated heterocycles. The third-order valence-corrected chi connectivity index (χ3v) is 3.75. The van der Waals surface area contributed by atoms with Gasteiger partial charge in [0.25, 0.3) is 5.91 Å². The lowest BCUT2D eigenvalue weighted by Gasteiger charge is -2.20. The van der Waals surface area contributed by atoms with E-state index in [2.05, 4.69) is 22.0 Å². The summed E-state index contributed by atoms with van der Waals surface area (Å²) in [5.41, 5.74) is 0.514. The molecule has 0 aromatic heterocycles. The lowest BCUT2D eigenvalue weighted by Crippen LogP contribution is -2.34. The number of amides is 1. The molecule has 0 bridgehead atoms. The average Bonchev–Trinajstić information content (AvgIpc) is 2.79. The number of nitrogens with zero attached hydrogens (tertiary/aromatic N) is 2. The largest absolute Gasteiger partial charge is 0.323 e. The molecule has 1 aliphatic heterocycles. The van der Waals surface area contributed by atoms with Gasteiger partial charge in [-0.25, -0.2) is 0 Å². The Bertz CT molecular complexity index is 498. The molecule has 1 aliphatic rings. The van der Waals surface area contributed by atoms with Gasteiger partial charge >= 0.3 is 0 Å². The summed E-state index contributed by atoms with van der Waals surface area (Å²) in [5.74, 6) is -0.136. The van der Waals surface area contributed by atoms with Crippen LogP contribution in [0.2, 0.25) is 5.02 Å². The molecule has 3 nitrogen and oxygen atoms in total. The van der Waals surface area contributed by atoms with E-state index in [9.17, 15) is 4.79 Å². The molecule has 0 saturated carbocycles. The van der Waals surface area contributed by atoms with E-state index in [4.69, 9.17) is 16.9 Å². The number of halogens is 2. The average molecular weight is 314 g/mol. The van der Waals surface area contributed by atoms with Gasteiger partial charge in [-0.2, -0.15) is 5.26 Å². The van der Waals surface area contributed by atoms with E-state index in [1.54, 1.807) is 23.1 Å². The van der Waals surface area contributed by atoms with Crippen LogP contribution in [-0.2, 0) is 0 Å². The fourth-order valence-electron chi connectivity index (χ4n) is 1.96. The lowest BCUT2D eigenvalue weighted by molar-refractivity contribution is 0.0764. The van der Waals surface area contributed by atoms with Gasteiger partial charge in [-0.15, -0.1) is 0 Å². The van der Waals surface area contributed by atoms with Crippen molar-refractivity contribution in [1.82, 2.24) is 4.90 Å². The zero-order chi connectivity index (χ0) is 12.4. The van der Waals surface area contributed by atoms with Crippen molar-refractivity contribution in [1.29, 1.82) is 5.26 Å². The second kappa shape index (κ2) is 5.07. The maximum absolute atomic E-state index is 12.3. The van der Waals surface area contributed by atoms with Crippen molar-refractivity contribution in [2.45, 2.75) is 18.9 Å². The molecular formula is C12H10BrClN2O. The maximum Gasteiger partial charge on any atom is 0.256 e. The highest BCUT2D eigenvalue weighted by Crippen LogP contribution is 2.26. The smallest absolute Gasteiger partial charge is 0.256 e. The van der Waals surface area contributed by atoms with Crippen LogP contribution >= 0.6 is 27.5 Å². The molecule has 0 radical (unpaired) electrons. The van der Waals surface area contributed by atoms with Crippen LogP contribution in [-0.4, -0.2) is 23.4 Å². The van der Waals surface area contributed by atoms with Gasteiger partial charge in [0.05, 0.1) is 11.6 Å². The Morgan fingerprint density at radius 3 is 3.06 bits per heavy atom. The molecular weight excluding hydrogens is 304 g/mol. The standard InChI is InChI=1S/C12H10BrClN2O/c13-11-4-3-8(14)6-10(11)12(17)16-5-1-2-9(16)7-15/h3-4,6,9H,1-2,5H2. The van der Waals surface area contributed by atoms with Crippen LogP contribution in [0, 0.1) is 11.3 Å². The first-order valence-corrected chi connectivity index (χ1v) is 6.46. The third kappa shape index (κ3) is 2.46.